The normalized spacial score (nSPS) is 11.6. The molecule has 1 heterocycles. The molecule has 1 aromatic heterocycles. The van der Waals surface area contributed by atoms with Gasteiger partial charge in [0.25, 0.3) is 0 Å². The third-order valence-corrected chi connectivity index (χ3v) is 3.53. The average molecular weight is 287 g/mol. The molecule has 108 valence electrons. The molecule has 0 aliphatic rings. The van der Waals surface area contributed by atoms with Gasteiger partial charge in [0.05, 0.1) is 11.0 Å². The van der Waals surface area contributed by atoms with Crippen molar-refractivity contribution in [1.29, 1.82) is 0 Å². The Balaban J connectivity index is 2.38. The Morgan fingerprint density at radius 2 is 1.95 bits per heavy atom. The van der Waals surface area contributed by atoms with Crippen LogP contribution in [0.4, 0.5) is 0 Å². The number of aromatic nitrogens is 2. The molecule has 0 aliphatic carbocycles. The van der Waals surface area contributed by atoms with Gasteiger partial charge in [0.15, 0.2) is 0 Å². The molecule has 3 aromatic rings. The van der Waals surface area contributed by atoms with E-state index in [-0.39, 0.29) is 0 Å². The maximum Gasteiger partial charge on any atom is 0.147 e. The molecule has 0 fully saturated rings. The van der Waals surface area contributed by atoms with Crippen LogP contribution in [0, 0.1) is 6.92 Å². The van der Waals surface area contributed by atoms with Crippen LogP contribution >= 0.6 is 0 Å². The largest absolute Gasteiger partial charge is 0.292 e. The fourth-order valence-corrected chi connectivity index (χ4v) is 2.52. The van der Waals surface area contributed by atoms with Crippen molar-refractivity contribution in [3.8, 4) is 5.69 Å². The highest BCUT2D eigenvalue weighted by atomic mass is 15.1. The number of para-hydroxylation sites is 1. The Labute approximate surface area is 130 Å². The summed E-state index contributed by atoms with van der Waals surface area (Å²) in [6.45, 7) is 9.47. The Morgan fingerprint density at radius 3 is 2.64 bits per heavy atom. The van der Waals surface area contributed by atoms with E-state index in [4.69, 9.17) is 4.98 Å². The lowest BCUT2D eigenvalue weighted by atomic mass is 10.2. The van der Waals surface area contributed by atoms with Crippen molar-refractivity contribution in [3.05, 3.63) is 78.8 Å². The number of imidazole rings is 1. The van der Waals surface area contributed by atoms with Crippen LogP contribution in [0.3, 0.4) is 0 Å². The monoisotopic (exact) mass is 287 g/mol. The summed E-state index contributed by atoms with van der Waals surface area (Å²) < 4.78 is 2.12. The van der Waals surface area contributed by atoms with E-state index in [9.17, 15) is 0 Å². The quantitative estimate of drug-likeness (QED) is 0.511. The van der Waals surface area contributed by atoms with Crippen molar-refractivity contribution >= 4 is 23.3 Å². The first-order valence-electron chi connectivity index (χ1n) is 7.08. The van der Waals surface area contributed by atoms with E-state index in [0.717, 1.165) is 28.1 Å². The van der Waals surface area contributed by atoms with Crippen LogP contribution in [0.25, 0.3) is 22.3 Å². The van der Waals surface area contributed by atoms with E-state index in [1.165, 1.54) is 5.56 Å². The molecule has 22 heavy (non-hydrogen) atoms. The van der Waals surface area contributed by atoms with Crippen LogP contribution in [0.1, 0.15) is 11.4 Å². The number of allylic oxidation sites excluding steroid dienone is 2. The summed E-state index contributed by atoms with van der Waals surface area (Å²) >= 11 is 0. The van der Waals surface area contributed by atoms with Gasteiger partial charge >= 0.3 is 0 Å². The van der Waals surface area contributed by atoms with E-state index >= 15 is 0 Å². The minimum Gasteiger partial charge on any atom is -0.292 e. The van der Waals surface area contributed by atoms with Crippen molar-refractivity contribution in [2.75, 3.05) is 0 Å². The molecule has 0 N–H and O–H groups in total. The molecule has 0 bridgehead atoms. The summed E-state index contributed by atoms with van der Waals surface area (Å²) in [7, 11) is 0. The maximum absolute atomic E-state index is 4.78. The molecule has 0 saturated carbocycles. The predicted molar refractivity (Wildman–Crippen MR) is 93.5 cm³/mol. The Bertz CT molecular complexity index is 870. The summed E-state index contributed by atoms with van der Waals surface area (Å²) in [5.74, 6) is 0.814. The SMILES string of the molecule is C=C/C(=C\N=C)c1nc2cc(C)ccc2n1-c1ccccc1. The van der Waals surface area contributed by atoms with E-state index in [2.05, 4.69) is 60.1 Å². The molecule has 0 spiro atoms. The Kier molecular flexibility index (Phi) is 3.71. The van der Waals surface area contributed by atoms with Gasteiger partial charge in [-0.2, -0.15) is 0 Å². The van der Waals surface area contributed by atoms with Gasteiger partial charge in [-0.1, -0.05) is 36.9 Å². The summed E-state index contributed by atoms with van der Waals surface area (Å²) in [5.41, 5.74) is 5.09. The second kappa shape index (κ2) is 5.82. The highest BCUT2D eigenvalue weighted by Gasteiger charge is 2.14. The van der Waals surface area contributed by atoms with Gasteiger partial charge in [0, 0.05) is 17.5 Å². The molecule has 0 unspecified atom stereocenters. The summed E-state index contributed by atoms with van der Waals surface area (Å²) in [5, 5.41) is 0. The van der Waals surface area contributed by atoms with Crippen LogP contribution in [0.2, 0.25) is 0 Å². The lowest BCUT2D eigenvalue weighted by molar-refractivity contribution is 1.06. The minimum atomic E-state index is 0.814. The lowest BCUT2D eigenvalue weighted by Gasteiger charge is -2.09. The molecule has 0 saturated heterocycles. The molecule has 0 radical (unpaired) electrons. The molecular weight excluding hydrogens is 270 g/mol. The molecule has 0 amide bonds. The van der Waals surface area contributed by atoms with Crippen molar-refractivity contribution in [1.82, 2.24) is 9.55 Å². The molecule has 0 atom stereocenters. The average Bonchev–Trinajstić information content (AvgIpc) is 2.91. The number of hydrogen-bond donors (Lipinski definition) is 0. The summed E-state index contributed by atoms with van der Waals surface area (Å²) in [4.78, 5) is 8.64. The molecule has 3 heteroatoms. The second-order valence-corrected chi connectivity index (χ2v) is 5.07. The standard InChI is InChI=1S/C19H17N3/c1-4-15(13-20-3)19-21-17-12-14(2)10-11-18(17)22(19)16-8-6-5-7-9-16/h4-13H,1,3H2,2H3/b15-13+. The zero-order chi connectivity index (χ0) is 15.5. The first-order chi connectivity index (χ1) is 10.7. The van der Waals surface area contributed by atoms with Crippen LogP contribution in [-0.2, 0) is 0 Å². The molecule has 3 nitrogen and oxygen atoms in total. The minimum absolute atomic E-state index is 0.814. The Morgan fingerprint density at radius 1 is 1.18 bits per heavy atom. The molecule has 2 aromatic carbocycles. The van der Waals surface area contributed by atoms with E-state index < -0.39 is 0 Å². The van der Waals surface area contributed by atoms with Gasteiger partial charge in [0.2, 0.25) is 0 Å². The smallest absolute Gasteiger partial charge is 0.147 e. The lowest BCUT2D eigenvalue weighted by Crippen LogP contribution is -1.99. The first kappa shape index (κ1) is 14.0. The molecule has 3 rings (SSSR count). The van der Waals surface area contributed by atoms with E-state index in [0.29, 0.717) is 0 Å². The van der Waals surface area contributed by atoms with Crippen molar-refractivity contribution < 1.29 is 0 Å². The summed E-state index contributed by atoms with van der Waals surface area (Å²) in [6, 6.07) is 16.4. The number of nitrogens with zero attached hydrogens (tertiary/aromatic N) is 3. The molecular formula is C19H17N3. The van der Waals surface area contributed by atoms with Gasteiger partial charge in [-0.3, -0.25) is 9.56 Å². The predicted octanol–water partition coefficient (Wildman–Crippen LogP) is 4.56. The van der Waals surface area contributed by atoms with Gasteiger partial charge in [-0.05, 0) is 43.5 Å². The van der Waals surface area contributed by atoms with Crippen molar-refractivity contribution in [2.24, 2.45) is 4.99 Å². The fourth-order valence-electron chi connectivity index (χ4n) is 2.52. The zero-order valence-corrected chi connectivity index (χ0v) is 12.5. The van der Waals surface area contributed by atoms with E-state index in [1.807, 2.05) is 18.2 Å². The summed E-state index contributed by atoms with van der Waals surface area (Å²) in [6.07, 6.45) is 3.43. The number of aliphatic imine (C=N–C) groups is 1. The third-order valence-electron chi connectivity index (χ3n) is 3.53. The van der Waals surface area contributed by atoms with Gasteiger partial charge in [-0.25, -0.2) is 4.98 Å². The number of rotatable bonds is 4. The first-order valence-corrected chi connectivity index (χ1v) is 7.08. The third kappa shape index (κ3) is 2.37. The Hall–Kier alpha value is -2.94. The second-order valence-electron chi connectivity index (χ2n) is 5.07. The van der Waals surface area contributed by atoms with E-state index in [1.54, 1.807) is 12.3 Å². The van der Waals surface area contributed by atoms with Crippen LogP contribution in [0.15, 0.2) is 72.4 Å². The van der Waals surface area contributed by atoms with Crippen LogP contribution in [0.5, 0.6) is 0 Å². The zero-order valence-electron chi connectivity index (χ0n) is 12.5. The van der Waals surface area contributed by atoms with Crippen molar-refractivity contribution in [2.45, 2.75) is 6.92 Å². The van der Waals surface area contributed by atoms with Gasteiger partial charge < -0.3 is 0 Å². The maximum atomic E-state index is 4.78. The van der Waals surface area contributed by atoms with Crippen LogP contribution < -0.4 is 0 Å². The number of hydrogen-bond acceptors (Lipinski definition) is 2. The fraction of sp³-hybridized carbons (Fsp3) is 0.0526. The highest BCUT2D eigenvalue weighted by Crippen LogP contribution is 2.27. The van der Waals surface area contributed by atoms with Gasteiger partial charge in [0.1, 0.15) is 5.82 Å². The topological polar surface area (TPSA) is 30.2 Å². The van der Waals surface area contributed by atoms with Gasteiger partial charge in [-0.15, -0.1) is 0 Å². The van der Waals surface area contributed by atoms with Crippen LogP contribution in [-0.4, -0.2) is 16.3 Å². The number of aryl methyl sites for hydroxylation is 1. The van der Waals surface area contributed by atoms with Crippen molar-refractivity contribution in [3.63, 3.8) is 0 Å². The highest BCUT2D eigenvalue weighted by molar-refractivity contribution is 5.84. The number of fused-ring (bicyclic) bond motifs is 1. The number of benzene rings is 2. The molecule has 0 aliphatic heterocycles.